The van der Waals surface area contributed by atoms with Crippen LogP contribution >= 0.6 is 0 Å². The molecule has 0 aliphatic rings. The molecule has 41 heavy (non-hydrogen) atoms. The van der Waals surface area contributed by atoms with Gasteiger partial charge in [-0.15, -0.1) is 10.2 Å². The van der Waals surface area contributed by atoms with Gasteiger partial charge >= 0.3 is 0 Å². The summed E-state index contributed by atoms with van der Waals surface area (Å²) in [4.78, 5) is 8.60. The Labute approximate surface area is 237 Å². The molecule has 0 N–H and O–H groups in total. The molecular weight excluding hydrogens is 546 g/mol. The highest BCUT2D eigenvalue weighted by atomic mass is 32.2. The molecule has 0 aliphatic carbocycles. The summed E-state index contributed by atoms with van der Waals surface area (Å²) in [6, 6.07) is 9.23. The molecule has 0 unspecified atom stereocenters. The first kappa shape index (κ1) is 28.2. The zero-order valence-electron chi connectivity index (χ0n) is 23.6. The van der Waals surface area contributed by atoms with E-state index in [4.69, 9.17) is 14.2 Å². The van der Waals surface area contributed by atoms with Crippen LogP contribution in [0.15, 0.2) is 55.1 Å². The Bertz CT molecular complexity index is 1780. The van der Waals surface area contributed by atoms with Crippen LogP contribution in [0.5, 0.6) is 11.5 Å². The number of pyridine rings is 1. The van der Waals surface area contributed by atoms with Crippen molar-refractivity contribution in [2.45, 2.75) is 37.9 Å². The third-order valence-electron chi connectivity index (χ3n) is 6.91. The molecule has 0 saturated heterocycles. The van der Waals surface area contributed by atoms with Crippen LogP contribution in [-0.4, -0.2) is 69.3 Å². The largest absolute Gasteiger partial charge is 0.494 e. The predicted octanol–water partition coefficient (Wildman–Crippen LogP) is 3.70. The zero-order chi connectivity index (χ0) is 29.3. The second-order valence-electron chi connectivity index (χ2n) is 9.67. The Kier molecular flexibility index (Phi) is 7.74. The molecule has 0 radical (unpaired) electrons. The Morgan fingerprint density at radius 2 is 1.61 bits per heavy atom. The number of nitrogens with zero attached hydrogens (tertiary/aromatic N) is 7. The molecule has 0 amide bonds. The molecule has 5 aromatic rings. The highest BCUT2D eigenvalue weighted by molar-refractivity contribution is 7.91. The molecule has 0 fully saturated rings. The van der Waals surface area contributed by atoms with Crippen LogP contribution in [0.1, 0.15) is 35.8 Å². The third kappa shape index (κ3) is 5.25. The number of hydrogen-bond donors (Lipinski definition) is 0. The number of sulfone groups is 1. The minimum atomic E-state index is -3.89. The van der Waals surface area contributed by atoms with Crippen LogP contribution in [0.2, 0.25) is 0 Å². The lowest BCUT2D eigenvalue weighted by Gasteiger charge is -2.22. The summed E-state index contributed by atoms with van der Waals surface area (Å²) < 4.78 is 48.1. The van der Waals surface area contributed by atoms with Crippen molar-refractivity contribution in [3.8, 4) is 28.6 Å². The van der Waals surface area contributed by atoms with E-state index in [0.29, 0.717) is 28.6 Å². The Morgan fingerprint density at radius 1 is 0.927 bits per heavy atom. The number of benzene rings is 1. The van der Waals surface area contributed by atoms with E-state index in [1.807, 2.05) is 32.2 Å². The first-order chi connectivity index (χ1) is 19.7. The highest BCUT2D eigenvalue weighted by Gasteiger charge is 2.35. The van der Waals surface area contributed by atoms with Crippen molar-refractivity contribution in [2.75, 3.05) is 21.3 Å². The van der Waals surface area contributed by atoms with E-state index >= 15 is 0 Å². The molecule has 5 rings (SSSR count). The summed E-state index contributed by atoms with van der Waals surface area (Å²) in [6.07, 6.45) is 5.89. The number of aromatic nitrogens is 7. The lowest BCUT2D eigenvalue weighted by atomic mass is 10.2. The molecule has 2 atom stereocenters. The van der Waals surface area contributed by atoms with E-state index in [0.717, 1.165) is 16.6 Å². The lowest BCUT2D eigenvalue weighted by molar-refractivity contribution is 0.0947. The molecule has 1 aromatic carbocycles. The predicted molar refractivity (Wildman–Crippen MR) is 152 cm³/mol. The van der Waals surface area contributed by atoms with Gasteiger partial charge in [-0.3, -0.25) is 4.57 Å². The van der Waals surface area contributed by atoms with Crippen molar-refractivity contribution < 1.29 is 22.6 Å². The smallest absolute Gasteiger partial charge is 0.172 e. The van der Waals surface area contributed by atoms with Gasteiger partial charge in [0.2, 0.25) is 0 Å². The molecule has 0 bridgehead atoms. The van der Waals surface area contributed by atoms with E-state index in [-0.39, 0.29) is 11.6 Å². The topological polar surface area (TPSA) is 136 Å². The van der Waals surface area contributed by atoms with Gasteiger partial charge in [-0.25, -0.2) is 22.9 Å². The van der Waals surface area contributed by atoms with Crippen LogP contribution < -0.4 is 9.47 Å². The number of fused-ring (bicyclic) bond motifs is 1. The first-order valence-corrected chi connectivity index (χ1v) is 14.5. The molecule has 0 aliphatic heterocycles. The van der Waals surface area contributed by atoms with Gasteiger partial charge in [0, 0.05) is 25.7 Å². The number of hydrogen-bond acceptors (Lipinski definition) is 10. The maximum Gasteiger partial charge on any atom is 0.172 e. The molecule has 13 heteroatoms. The second kappa shape index (κ2) is 11.3. The average Bonchev–Trinajstić information content (AvgIpc) is 3.56. The van der Waals surface area contributed by atoms with E-state index < -0.39 is 26.9 Å². The second-order valence-corrected chi connectivity index (χ2v) is 12.0. The number of rotatable bonds is 10. The van der Waals surface area contributed by atoms with Gasteiger partial charge < -0.3 is 14.2 Å². The summed E-state index contributed by atoms with van der Waals surface area (Å²) in [5, 5.41) is 12.3. The van der Waals surface area contributed by atoms with Crippen molar-refractivity contribution >= 4 is 15.4 Å². The van der Waals surface area contributed by atoms with Crippen LogP contribution in [0.4, 0.5) is 0 Å². The minimum absolute atomic E-state index is 0.168. The van der Waals surface area contributed by atoms with Gasteiger partial charge in [-0.2, -0.15) is 5.10 Å². The lowest BCUT2D eigenvalue weighted by Crippen LogP contribution is -2.30. The fraction of sp³-hybridized carbons (Fsp3) is 0.321. The van der Waals surface area contributed by atoms with Crippen molar-refractivity contribution in [3.05, 3.63) is 77.9 Å². The van der Waals surface area contributed by atoms with E-state index in [1.54, 1.807) is 52.8 Å². The normalized spacial score (nSPS) is 13.3. The molecule has 4 heterocycles. The molecule has 4 aromatic heterocycles. The van der Waals surface area contributed by atoms with Crippen molar-refractivity contribution in [1.29, 1.82) is 0 Å². The average molecular weight is 578 g/mol. The standard InChI is InChI=1S/C28H31N7O5S/c1-17-10-11-34-21(12-17)20(15-31-34)28-33-32-24(35(28)25-22(38-4)8-7-9-23(25)39-5)16-41(36,37)19(3)26(40-6)27-29-13-18(2)14-30-27/h7-15,19,26H,16H2,1-6H3/t19-,26-/m0/s1. The monoisotopic (exact) mass is 577 g/mol. The van der Waals surface area contributed by atoms with Crippen LogP contribution in [0.3, 0.4) is 0 Å². The van der Waals surface area contributed by atoms with Gasteiger partial charge in [0.25, 0.3) is 0 Å². The van der Waals surface area contributed by atoms with Gasteiger partial charge in [0.05, 0.1) is 36.7 Å². The quantitative estimate of drug-likeness (QED) is 0.242. The fourth-order valence-electron chi connectivity index (χ4n) is 4.69. The molecule has 12 nitrogen and oxygen atoms in total. The summed E-state index contributed by atoms with van der Waals surface area (Å²) in [6.45, 7) is 5.41. The Balaban J connectivity index is 1.67. The SMILES string of the molecule is COc1cccc(OC)c1-n1c(CS(=O)(=O)[C@@H](C)[C@H](OC)c2ncc(C)cn2)nnc1-c1cnn2ccc(C)cc12. The maximum absolute atomic E-state index is 13.9. The van der Waals surface area contributed by atoms with Crippen LogP contribution in [-0.2, 0) is 20.3 Å². The Hall–Kier alpha value is -4.36. The molecule has 0 saturated carbocycles. The highest BCUT2D eigenvalue weighted by Crippen LogP contribution is 2.38. The van der Waals surface area contributed by atoms with Gasteiger partial charge in [-0.05, 0) is 56.2 Å². The van der Waals surface area contributed by atoms with E-state index in [9.17, 15) is 8.42 Å². The maximum atomic E-state index is 13.9. The van der Waals surface area contributed by atoms with E-state index in [2.05, 4.69) is 25.3 Å². The van der Waals surface area contributed by atoms with Gasteiger partial charge in [0.1, 0.15) is 29.0 Å². The number of aryl methyl sites for hydroxylation is 2. The molecule has 0 spiro atoms. The Morgan fingerprint density at radius 3 is 2.24 bits per heavy atom. The van der Waals surface area contributed by atoms with Gasteiger partial charge in [-0.1, -0.05) is 6.07 Å². The van der Waals surface area contributed by atoms with Crippen molar-refractivity contribution in [2.24, 2.45) is 0 Å². The summed E-state index contributed by atoms with van der Waals surface area (Å²) in [7, 11) is 0.614. The fourth-order valence-corrected chi connectivity index (χ4v) is 6.11. The molecular formula is C28H31N7O5S. The number of para-hydroxylation sites is 1. The number of ether oxygens (including phenoxy) is 3. The summed E-state index contributed by atoms with van der Waals surface area (Å²) in [5.41, 5.74) is 3.79. The minimum Gasteiger partial charge on any atom is -0.494 e. The number of methoxy groups -OCH3 is 3. The van der Waals surface area contributed by atoms with Crippen molar-refractivity contribution in [1.82, 2.24) is 34.3 Å². The van der Waals surface area contributed by atoms with E-state index in [1.165, 1.54) is 21.3 Å². The summed E-state index contributed by atoms with van der Waals surface area (Å²) >= 11 is 0. The molecule has 214 valence electrons. The van der Waals surface area contributed by atoms with Crippen LogP contribution in [0, 0.1) is 13.8 Å². The zero-order valence-corrected chi connectivity index (χ0v) is 24.5. The van der Waals surface area contributed by atoms with Crippen LogP contribution in [0.25, 0.3) is 22.6 Å². The van der Waals surface area contributed by atoms with Gasteiger partial charge in [0.15, 0.2) is 27.3 Å². The third-order valence-corrected chi connectivity index (χ3v) is 8.95. The first-order valence-electron chi connectivity index (χ1n) is 12.8. The van der Waals surface area contributed by atoms with Crippen molar-refractivity contribution in [3.63, 3.8) is 0 Å². The summed E-state index contributed by atoms with van der Waals surface area (Å²) in [5.74, 6) is 1.29.